The van der Waals surface area contributed by atoms with Crippen molar-refractivity contribution in [1.29, 1.82) is 0 Å². The summed E-state index contributed by atoms with van der Waals surface area (Å²) < 4.78 is 76.4. The van der Waals surface area contributed by atoms with Crippen molar-refractivity contribution in [2.75, 3.05) is 30.3 Å². The highest BCUT2D eigenvalue weighted by Gasteiger charge is 2.39. The molecule has 2 aliphatic rings. The molecule has 3 heterocycles. The first-order valence-electron chi connectivity index (χ1n) is 13.4. The summed E-state index contributed by atoms with van der Waals surface area (Å²) in [6, 6.07) is -0.637. The molecular formula is C28H26B3F5N4O3S. The van der Waals surface area contributed by atoms with Gasteiger partial charge in [-0.25, -0.2) is 13.6 Å². The van der Waals surface area contributed by atoms with Crippen LogP contribution in [0.15, 0.2) is 58.8 Å². The number of rotatable bonds is 8. The van der Waals surface area contributed by atoms with Crippen LogP contribution in [0.4, 0.5) is 27.8 Å². The lowest BCUT2D eigenvalue weighted by molar-refractivity contribution is -0.137. The maximum Gasteiger partial charge on any atom is 0.417 e. The number of nitrogens with zero attached hydrogens (tertiary/aromatic N) is 4. The second-order valence-electron chi connectivity index (χ2n) is 10.5. The quantitative estimate of drug-likeness (QED) is 0.190. The lowest BCUT2D eigenvalue weighted by Crippen LogP contribution is -2.58. The van der Waals surface area contributed by atoms with E-state index >= 15 is 0 Å². The maximum atomic E-state index is 14.6. The largest absolute Gasteiger partial charge is 0.417 e. The van der Waals surface area contributed by atoms with Crippen LogP contribution in [0.25, 0.3) is 17.0 Å². The number of amides is 1. The Hall–Kier alpha value is -3.26. The molecule has 1 aromatic carbocycles. The fraction of sp³-hybridized carbons (Fsp3) is 0.393. The van der Waals surface area contributed by atoms with Crippen LogP contribution in [-0.2, 0) is 15.7 Å². The Balaban J connectivity index is 1.99. The zero-order valence-corrected chi connectivity index (χ0v) is 24.7. The van der Waals surface area contributed by atoms with Gasteiger partial charge in [-0.15, -0.1) is 11.8 Å². The van der Waals surface area contributed by atoms with Crippen molar-refractivity contribution in [3.63, 3.8) is 0 Å². The van der Waals surface area contributed by atoms with E-state index in [9.17, 15) is 31.5 Å². The molecule has 0 N–H and O–H groups in total. The second kappa shape index (κ2) is 13.0. The Morgan fingerprint density at radius 1 is 1.23 bits per heavy atom. The van der Waals surface area contributed by atoms with Gasteiger partial charge in [-0.3, -0.25) is 9.36 Å². The molecule has 1 fully saturated rings. The van der Waals surface area contributed by atoms with Crippen LogP contribution in [0, 0.1) is 0 Å². The summed E-state index contributed by atoms with van der Waals surface area (Å²) in [5, 5.41) is -2.00. The zero-order chi connectivity index (χ0) is 32.6. The number of benzene rings is 1. The molecule has 4 rings (SSSR count). The minimum Gasteiger partial charge on any atom is -0.401 e. The number of hydrogen-bond donors (Lipinski definition) is 0. The van der Waals surface area contributed by atoms with Crippen molar-refractivity contribution < 1.29 is 31.5 Å². The number of allylic oxidation sites excluding steroid dienone is 4. The number of alkyl halides is 3. The molecule has 16 heteroatoms. The number of thioether (sulfide) groups is 1. The average Bonchev–Trinajstić information content (AvgIpc) is 2.92. The van der Waals surface area contributed by atoms with Crippen molar-refractivity contribution in [3.8, 4) is 0 Å². The number of piperazine rings is 1. The normalized spacial score (nSPS) is 21.5. The smallest absolute Gasteiger partial charge is 0.401 e. The van der Waals surface area contributed by atoms with Crippen LogP contribution in [0.5, 0.6) is 0 Å². The Labute approximate surface area is 259 Å². The Morgan fingerprint density at radius 2 is 1.89 bits per heavy atom. The fourth-order valence-electron chi connectivity index (χ4n) is 5.50. The van der Waals surface area contributed by atoms with E-state index in [2.05, 4.69) is 11.6 Å². The van der Waals surface area contributed by atoms with Gasteiger partial charge in [0.1, 0.15) is 11.6 Å². The summed E-state index contributed by atoms with van der Waals surface area (Å²) in [5.41, 5.74) is -1.99. The predicted molar refractivity (Wildman–Crippen MR) is 163 cm³/mol. The molecule has 2 aromatic rings. The third kappa shape index (κ3) is 7.01. The van der Waals surface area contributed by atoms with Crippen molar-refractivity contribution in [1.82, 2.24) is 14.5 Å². The van der Waals surface area contributed by atoms with Gasteiger partial charge < -0.3 is 14.5 Å². The number of halogens is 5. The predicted octanol–water partition coefficient (Wildman–Crippen LogP) is 4.16. The van der Waals surface area contributed by atoms with Crippen molar-refractivity contribution >= 4 is 64.0 Å². The van der Waals surface area contributed by atoms with Gasteiger partial charge in [0.05, 0.1) is 53.6 Å². The van der Waals surface area contributed by atoms with Crippen molar-refractivity contribution in [3.05, 3.63) is 70.7 Å². The molecule has 6 radical (unpaired) electrons. The lowest BCUT2D eigenvalue weighted by atomic mass is 9.52. The van der Waals surface area contributed by atoms with Gasteiger partial charge in [0.25, 0.3) is 0 Å². The highest BCUT2D eigenvalue weighted by molar-refractivity contribution is 7.99. The number of carbonyl (C=O) groups is 1. The van der Waals surface area contributed by atoms with Crippen LogP contribution < -0.4 is 10.6 Å². The van der Waals surface area contributed by atoms with Crippen LogP contribution in [0.3, 0.4) is 0 Å². The summed E-state index contributed by atoms with van der Waals surface area (Å²) >= 11 is 1.03. The molecular weight excluding hydrogens is 600 g/mol. The molecule has 0 spiro atoms. The molecule has 226 valence electrons. The lowest BCUT2D eigenvalue weighted by Gasteiger charge is -2.45. The number of anilines is 1. The molecule has 7 nitrogen and oxygen atoms in total. The Kier molecular flexibility index (Phi) is 9.94. The summed E-state index contributed by atoms with van der Waals surface area (Å²) in [7, 11) is 16.6. The van der Waals surface area contributed by atoms with E-state index in [-0.39, 0.29) is 76.9 Å². The van der Waals surface area contributed by atoms with Gasteiger partial charge in [-0.05, 0) is 37.4 Å². The zero-order valence-electron chi connectivity index (χ0n) is 23.9. The molecule has 44 heavy (non-hydrogen) atoms. The number of aromatic nitrogens is 2. The highest BCUT2D eigenvalue weighted by atomic mass is 32.2. The average molecular weight is 626 g/mol. The molecule has 1 saturated heterocycles. The van der Waals surface area contributed by atoms with Gasteiger partial charge in [-0.1, -0.05) is 18.7 Å². The molecule has 3 unspecified atom stereocenters. The molecule has 2 aliphatic heterocycles. The molecule has 0 aliphatic carbocycles. The maximum absolute atomic E-state index is 14.6. The third-order valence-electron chi connectivity index (χ3n) is 7.19. The van der Waals surface area contributed by atoms with Crippen LogP contribution in [0.1, 0.15) is 31.0 Å². The van der Waals surface area contributed by atoms with Gasteiger partial charge in [-0.2, -0.15) is 18.2 Å². The molecule has 3 atom stereocenters. The third-order valence-corrected chi connectivity index (χ3v) is 8.44. The second-order valence-corrected chi connectivity index (χ2v) is 11.6. The van der Waals surface area contributed by atoms with E-state index in [1.165, 1.54) is 10.6 Å². The first kappa shape index (κ1) is 33.6. The van der Waals surface area contributed by atoms with E-state index in [1.807, 2.05) is 0 Å². The van der Waals surface area contributed by atoms with Crippen molar-refractivity contribution in [2.24, 2.45) is 0 Å². The van der Waals surface area contributed by atoms with Crippen LogP contribution in [-0.4, -0.2) is 86.7 Å². The topological polar surface area (TPSA) is 67.7 Å². The number of ether oxygens (including phenoxy) is 1. The monoisotopic (exact) mass is 626 g/mol. The van der Waals surface area contributed by atoms with Gasteiger partial charge >= 0.3 is 11.9 Å². The van der Waals surface area contributed by atoms with Crippen LogP contribution >= 0.6 is 11.8 Å². The first-order chi connectivity index (χ1) is 20.6. The summed E-state index contributed by atoms with van der Waals surface area (Å²) in [6.45, 7) is 7.19. The van der Waals surface area contributed by atoms with E-state index < -0.39 is 34.6 Å². The molecule has 1 aromatic heterocycles. The molecule has 0 bridgehead atoms. The van der Waals surface area contributed by atoms with Gasteiger partial charge in [0, 0.05) is 52.8 Å². The van der Waals surface area contributed by atoms with Gasteiger partial charge in [0.15, 0.2) is 0 Å². The Bertz CT molecular complexity index is 1590. The van der Waals surface area contributed by atoms with E-state index in [0.29, 0.717) is 6.08 Å². The summed E-state index contributed by atoms with van der Waals surface area (Å²) in [6.07, 6.45) is -0.335. The van der Waals surface area contributed by atoms with E-state index in [1.54, 1.807) is 23.6 Å². The number of hydrogen-bond acceptors (Lipinski definition) is 6. The number of carbonyl (C=O) groups excluding carboxylic acids is 1. The molecule has 1 amide bonds. The standard InChI is InChI=1S/C28H26B3F5N4O3S/c1-4-22(41)39-15(2)11-38(12-16(39)3)25-20-10-21(27(34,35)36)19(7-5-6-17(33)8-9-32)24-23(20)40(26(42)37-25)18(14-44-24)13-43-28(29,30)31/h4-10,15-16,18H,1,11-14H2,2-3H3/b7-5+,9-8+,17-6+. The Morgan fingerprint density at radius 3 is 2.45 bits per heavy atom. The minimum atomic E-state index is -4.86. The van der Waals surface area contributed by atoms with E-state index in [0.717, 1.165) is 36.1 Å². The fourth-order valence-corrected chi connectivity index (χ4v) is 6.79. The summed E-state index contributed by atoms with van der Waals surface area (Å²) in [5.74, 6) is -1.24. The minimum absolute atomic E-state index is 0.0138. The highest BCUT2D eigenvalue weighted by Crippen LogP contribution is 2.46. The van der Waals surface area contributed by atoms with E-state index in [4.69, 9.17) is 28.3 Å². The van der Waals surface area contributed by atoms with Gasteiger partial charge in [0.2, 0.25) is 5.91 Å². The summed E-state index contributed by atoms with van der Waals surface area (Å²) in [4.78, 5) is 33.7. The first-order valence-corrected chi connectivity index (χ1v) is 14.4. The SMILES string of the molecule is [B]C([B])([B])OCC1CSc2c(/C=C/C=C(F)\C=C\F)c(C(F)(F)F)cc3c(N4CC(C)N(C(=O)C=C)C(C)C4)nc(=O)n1c23. The molecule has 0 saturated carbocycles. The van der Waals surface area contributed by atoms with Crippen LogP contribution in [0.2, 0.25) is 0 Å². The van der Waals surface area contributed by atoms with Crippen molar-refractivity contribution in [2.45, 2.75) is 48.3 Å².